The predicted molar refractivity (Wildman–Crippen MR) is 202 cm³/mol. The SMILES string of the molecule is CCCS(=O)(=O)c1cccc(N(CC)c2nc(Cl)nc(Nc3cc(S(=O)(=O)O)cc(NN=C(N=Nc4ccccc4C(=O)O)c4ccccc4)c3O)n2)c1. The van der Waals surface area contributed by atoms with Gasteiger partial charge in [0.25, 0.3) is 10.1 Å². The van der Waals surface area contributed by atoms with Crippen LogP contribution in [0, 0.1) is 0 Å². The Morgan fingerprint density at radius 2 is 1.57 bits per heavy atom. The van der Waals surface area contributed by atoms with Crippen molar-refractivity contribution >= 4 is 78.0 Å². The molecule has 0 fully saturated rings. The van der Waals surface area contributed by atoms with Crippen molar-refractivity contribution in [2.75, 3.05) is 27.9 Å². The fraction of sp³-hybridized carbons (Fsp3) is 0.147. The molecule has 0 aliphatic rings. The number of hydrazone groups is 1. The van der Waals surface area contributed by atoms with Gasteiger partial charge < -0.3 is 20.4 Å². The minimum Gasteiger partial charge on any atom is -0.504 e. The van der Waals surface area contributed by atoms with Gasteiger partial charge in [-0.15, -0.1) is 10.2 Å². The lowest BCUT2D eigenvalue weighted by atomic mass is 10.2. The Hall–Kier alpha value is -6.02. The fourth-order valence-electron chi connectivity index (χ4n) is 4.93. The number of phenolic OH excluding ortho intramolecular Hbond substituents is 1. The standard InChI is InChI=1S/C34H32ClN9O8S2/c1-3-17-53(48,49)23-14-10-13-22(18-23)44(4-2)34-38-32(35)37-33(39-34)36-27-19-24(54(50,51)52)20-28(29(27)45)41-43-30(21-11-6-5-7-12-21)42-40-26-16-9-8-15-25(26)31(46)47/h5-16,18-20,41,45H,3-4,17H2,1-2H3,(H,46,47)(H,50,51,52)(H,36,37,38,39). The quantitative estimate of drug-likeness (QED) is 0.0193. The van der Waals surface area contributed by atoms with Crippen molar-refractivity contribution in [3.8, 4) is 5.75 Å². The predicted octanol–water partition coefficient (Wildman–Crippen LogP) is 6.82. The van der Waals surface area contributed by atoms with E-state index in [-0.39, 0.29) is 62.8 Å². The van der Waals surface area contributed by atoms with Crippen LogP contribution in [-0.2, 0) is 20.0 Å². The molecule has 0 spiro atoms. The van der Waals surface area contributed by atoms with Crippen molar-refractivity contribution in [3.05, 3.63) is 107 Å². The number of halogens is 1. The molecule has 5 N–H and O–H groups in total. The van der Waals surface area contributed by atoms with Crippen molar-refractivity contribution in [3.63, 3.8) is 0 Å². The summed E-state index contributed by atoms with van der Waals surface area (Å²) in [5.74, 6) is -2.24. The molecule has 0 saturated heterocycles. The van der Waals surface area contributed by atoms with Crippen LogP contribution >= 0.6 is 11.6 Å². The first-order valence-electron chi connectivity index (χ1n) is 16.0. The maximum absolute atomic E-state index is 12.8. The molecule has 1 heterocycles. The monoisotopic (exact) mass is 793 g/mol. The molecular formula is C34H32ClN9O8S2. The van der Waals surface area contributed by atoms with E-state index < -0.39 is 36.6 Å². The Morgan fingerprint density at radius 1 is 0.870 bits per heavy atom. The molecule has 0 aliphatic heterocycles. The number of aromatic hydroxyl groups is 1. The van der Waals surface area contributed by atoms with Crippen LogP contribution in [0.25, 0.3) is 0 Å². The number of carbonyl (C=O) groups is 1. The molecule has 1 aromatic heterocycles. The summed E-state index contributed by atoms with van der Waals surface area (Å²) in [4.78, 5) is 25.3. The highest BCUT2D eigenvalue weighted by molar-refractivity contribution is 7.91. The van der Waals surface area contributed by atoms with Gasteiger partial charge >= 0.3 is 5.97 Å². The molecule has 0 unspecified atom stereocenters. The van der Waals surface area contributed by atoms with E-state index in [0.717, 1.165) is 12.1 Å². The summed E-state index contributed by atoms with van der Waals surface area (Å²) in [5.41, 5.74) is 2.65. The number of aromatic carboxylic acids is 1. The maximum atomic E-state index is 12.8. The second-order valence-electron chi connectivity index (χ2n) is 11.2. The van der Waals surface area contributed by atoms with Gasteiger partial charge in [-0.05, 0) is 67.4 Å². The maximum Gasteiger partial charge on any atom is 0.337 e. The summed E-state index contributed by atoms with van der Waals surface area (Å²) in [6.45, 7) is 3.79. The number of anilines is 5. The van der Waals surface area contributed by atoms with E-state index in [4.69, 9.17) is 11.6 Å². The third-order valence-corrected chi connectivity index (χ3v) is 10.4. The molecule has 17 nitrogen and oxygen atoms in total. The average Bonchev–Trinajstić information content (AvgIpc) is 3.13. The van der Waals surface area contributed by atoms with Gasteiger partial charge in [0, 0.05) is 17.8 Å². The van der Waals surface area contributed by atoms with E-state index in [1.807, 2.05) is 0 Å². The molecule has 54 heavy (non-hydrogen) atoms. The first kappa shape index (κ1) is 39.2. The second kappa shape index (κ2) is 16.8. The van der Waals surface area contributed by atoms with Crippen LogP contribution in [0.4, 0.5) is 34.6 Å². The summed E-state index contributed by atoms with van der Waals surface area (Å²) >= 11 is 6.26. The molecule has 0 aliphatic carbocycles. The molecule has 20 heteroatoms. The largest absolute Gasteiger partial charge is 0.504 e. The molecule has 0 bridgehead atoms. The molecule has 0 saturated carbocycles. The third-order valence-electron chi connectivity index (χ3n) is 7.44. The number of azo groups is 1. The summed E-state index contributed by atoms with van der Waals surface area (Å²) in [5, 5.41) is 35.6. The molecular weight excluding hydrogens is 762 g/mol. The van der Waals surface area contributed by atoms with Crippen molar-refractivity contribution < 1.29 is 36.4 Å². The van der Waals surface area contributed by atoms with Crippen molar-refractivity contribution in [1.29, 1.82) is 0 Å². The lowest BCUT2D eigenvalue weighted by molar-refractivity contribution is 0.0697. The lowest BCUT2D eigenvalue weighted by Gasteiger charge is -2.22. The minimum atomic E-state index is -4.87. The molecule has 0 atom stereocenters. The number of sulfone groups is 1. The smallest absolute Gasteiger partial charge is 0.337 e. The van der Waals surface area contributed by atoms with E-state index in [9.17, 15) is 36.4 Å². The number of nitrogens with zero attached hydrogens (tertiary/aromatic N) is 7. The highest BCUT2D eigenvalue weighted by atomic mass is 35.5. The first-order chi connectivity index (χ1) is 25.7. The summed E-state index contributed by atoms with van der Waals surface area (Å²) in [6, 6.07) is 22.3. The van der Waals surface area contributed by atoms with Crippen molar-refractivity contribution in [2.45, 2.75) is 30.1 Å². The number of amidine groups is 1. The topological polar surface area (TPSA) is 249 Å². The molecule has 5 rings (SSSR count). The van der Waals surface area contributed by atoms with Crippen LogP contribution in [0.15, 0.2) is 116 Å². The van der Waals surface area contributed by atoms with Crippen LogP contribution in [0.3, 0.4) is 0 Å². The van der Waals surface area contributed by atoms with Gasteiger partial charge in [0.1, 0.15) is 11.4 Å². The normalized spacial score (nSPS) is 12.1. The number of hydrogen-bond donors (Lipinski definition) is 5. The van der Waals surface area contributed by atoms with E-state index in [0.29, 0.717) is 17.7 Å². The number of carboxylic acids is 1. The fourth-order valence-corrected chi connectivity index (χ4v) is 6.98. The van der Waals surface area contributed by atoms with Gasteiger partial charge in [0.15, 0.2) is 15.6 Å². The van der Waals surface area contributed by atoms with Gasteiger partial charge in [-0.3, -0.25) is 9.98 Å². The van der Waals surface area contributed by atoms with Crippen LogP contribution < -0.4 is 15.6 Å². The molecule has 4 aromatic carbocycles. The summed E-state index contributed by atoms with van der Waals surface area (Å²) in [7, 11) is -8.42. The molecule has 0 amide bonds. The summed E-state index contributed by atoms with van der Waals surface area (Å²) in [6.07, 6.45) is 0.431. The Labute approximate surface area is 314 Å². The number of aromatic nitrogens is 3. The zero-order chi connectivity index (χ0) is 39.0. The first-order valence-corrected chi connectivity index (χ1v) is 19.4. The average molecular weight is 794 g/mol. The van der Waals surface area contributed by atoms with Crippen molar-refractivity contribution in [1.82, 2.24) is 15.0 Å². The zero-order valence-corrected chi connectivity index (χ0v) is 30.9. The van der Waals surface area contributed by atoms with Crippen LogP contribution in [0.1, 0.15) is 36.2 Å². The Kier molecular flexibility index (Phi) is 12.2. The van der Waals surface area contributed by atoms with Crippen LogP contribution in [-0.4, -0.2) is 70.7 Å². The number of nitrogens with one attached hydrogen (secondary N) is 2. The van der Waals surface area contributed by atoms with Gasteiger partial charge in [-0.1, -0.05) is 55.5 Å². The Morgan fingerprint density at radius 3 is 2.26 bits per heavy atom. The number of rotatable bonds is 14. The van der Waals surface area contributed by atoms with Crippen LogP contribution in [0.5, 0.6) is 5.75 Å². The second-order valence-corrected chi connectivity index (χ2v) is 15.1. The van der Waals surface area contributed by atoms with E-state index in [1.165, 1.54) is 30.3 Å². The minimum absolute atomic E-state index is 0.0132. The highest BCUT2D eigenvalue weighted by Gasteiger charge is 2.21. The van der Waals surface area contributed by atoms with Gasteiger partial charge in [0.05, 0.1) is 26.8 Å². The van der Waals surface area contributed by atoms with E-state index in [2.05, 4.69) is 41.0 Å². The third kappa shape index (κ3) is 9.50. The van der Waals surface area contributed by atoms with Crippen LogP contribution in [0.2, 0.25) is 5.28 Å². The highest BCUT2D eigenvalue weighted by Crippen LogP contribution is 2.37. The van der Waals surface area contributed by atoms with Gasteiger partial charge in [0.2, 0.25) is 23.0 Å². The van der Waals surface area contributed by atoms with E-state index in [1.54, 1.807) is 67.3 Å². The molecule has 280 valence electrons. The van der Waals surface area contributed by atoms with Gasteiger partial charge in [-0.2, -0.15) is 28.5 Å². The molecule has 5 aromatic rings. The van der Waals surface area contributed by atoms with Crippen molar-refractivity contribution in [2.24, 2.45) is 15.3 Å². The Bertz CT molecular complexity index is 2470. The number of benzene rings is 4. The number of phenols is 1. The lowest BCUT2D eigenvalue weighted by Crippen LogP contribution is -2.20. The van der Waals surface area contributed by atoms with E-state index >= 15 is 0 Å². The Balaban J connectivity index is 1.53. The number of carboxylic acid groups (broad SMARTS) is 1. The zero-order valence-electron chi connectivity index (χ0n) is 28.5. The number of hydrogen-bond acceptors (Lipinski definition) is 14. The summed E-state index contributed by atoms with van der Waals surface area (Å²) < 4.78 is 60.2. The van der Waals surface area contributed by atoms with Gasteiger partial charge in [-0.25, -0.2) is 13.2 Å². The molecule has 0 radical (unpaired) electrons.